The van der Waals surface area contributed by atoms with E-state index in [2.05, 4.69) is 130 Å². The number of hydrogen-bond donors (Lipinski definition) is 0. The van der Waals surface area contributed by atoms with Crippen LogP contribution in [-0.4, -0.2) is 37.2 Å². The van der Waals surface area contributed by atoms with Crippen LogP contribution < -0.4 is 0 Å². The van der Waals surface area contributed by atoms with Gasteiger partial charge < -0.3 is 14.2 Å². The van der Waals surface area contributed by atoms with Gasteiger partial charge in [0.25, 0.3) is 0 Å². The first-order valence-corrected chi connectivity index (χ1v) is 32.9. The number of allylic oxidation sites excluding steroid dienone is 18. The molecule has 0 aromatic rings. The molecule has 0 amide bonds. The fraction of sp³-hybridized carbons (Fsp3) is 0.708. The molecule has 0 aromatic heterocycles. The van der Waals surface area contributed by atoms with Crippen molar-refractivity contribution in [3.05, 3.63) is 109 Å². The quantitative estimate of drug-likeness (QED) is 0.0261. The highest BCUT2D eigenvalue weighted by Gasteiger charge is 2.19. The molecule has 1 unspecified atom stereocenters. The second-order valence-corrected chi connectivity index (χ2v) is 21.6. The van der Waals surface area contributed by atoms with Crippen LogP contribution in [0.5, 0.6) is 0 Å². The lowest BCUT2D eigenvalue weighted by atomic mass is 10.1. The van der Waals surface area contributed by atoms with E-state index < -0.39 is 6.10 Å². The van der Waals surface area contributed by atoms with Crippen molar-refractivity contribution in [2.45, 2.75) is 316 Å². The minimum absolute atomic E-state index is 0.0886. The fourth-order valence-electron chi connectivity index (χ4n) is 9.06. The third kappa shape index (κ3) is 62.9. The van der Waals surface area contributed by atoms with Gasteiger partial charge in [0.2, 0.25) is 0 Å². The maximum absolute atomic E-state index is 12.9. The van der Waals surface area contributed by atoms with E-state index >= 15 is 0 Å². The summed E-state index contributed by atoms with van der Waals surface area (Å²) < 4.78 is 16.9. The van der Waals surface area contributed by atoms with E-state index in [-0.39, 0.29) is 31.1 Å². The number of ether oxygens (including phenoxy) is 3. The van der Waals surface area contributed by atoms with Crippen molar-refractivity contribution in [1.29, 1.82) is 0 Å². The number of esters is 3. The molecule has 0 saturated carbocycles. The SMILES string of the molecule is CC/C=C\C/C=C\C/C=C\C/C=C\C/C=C\C/C=C\C/C=C\CCCCCCCCCC(=O)OCC(COC(=O)CCCCCCC/C=C\CCCCCCCC)OC(=O)CCCCCCC/C=C\CCCCCCCCC. The van der Waals surface area contributed by atoms with Crippen molar-refractivity contribution in [2.75, 3.05) is 13.2 Å². The van der Waals surface area contributed by atoms with Crippen LogP contribution in [0, 0.1) is 0 Å². The van der Waals surface area contributed by atoms with Crippen LogP contribution in [0.15, 0.2) is 109 Å². The predicted octanol–water partition coefficient (Wildman–Crippen LogP) is 22.6. The van der Waals surface area contributed by atoms with Gasteiger partial charge in [0.1, 0.15) is 13.2 Å². The molecule has 0 aliphatic rings. The van der Waals surface area contributed by atoms with E-state index in [1.54, 1.807) is 0 Å². The van der Waals surface area contributed by atoms with E-state index in [0.29, 0.717) is 19.3 Å². The summed E-state index contributed by atoms with van der Waals surface area (Å²) in [5, 5.41) is 0. The van der Waals surface area contributed by atoms with Crippen molar-refractivity contribution in [2.24, 2.45) is 0 Å². The molecule has 0 bridgehead atoms. The fourth-order valence-corrected chi connectivity index (χ4v) is 9.06. The van der Waals surface area contributed by atoms with Crippen molar-refractivity contribution in [3.63, 3.8) is 0 Å². The Morgan fingerprint density at radius 1 is 0.269 bits per heavy atom. The third-order valence-corrected chi connectivity index (χ3v) is 14.0. The molecule has 0 heterocycles. The molecule has 0 N–H and O–H groups in total. The van der Waals surface area contributed by atoms with E-state index in [9.17, 15) is 14.4 Å². The molecule has 6 heteroatoms. The molecular formula is C72H122O6. The van der Waals surface area contributed by atoms with Crippen LogP contribution in [0.4, 0.5) is 0 Å². The average Bonchev–Trinajstić information content (AvgIpc) is 3.44. The van der Waals surface area contributed by atoms with Crippen molar-refractivity contribution < 1.29 is 28.6 Å². The van der Waals surface area contributed by atoms with Crippen LogP contribution in [0.25, 0.3) is 0 Å². The largest absolute Gasteiger partial charge is 0.462 e. The van der Waals surface area contributed by atoms with Gasteiger partial charge in [-0.05, 0) is 128 Å². The zero-order chi connectivity index (χ0) is 56.4. The van der Waals surface area contributed by atoms with Crippen LogP contribution in [0.3, 0.4) is 0 Å². The Morgan fingerprint density at radius 3 is 0.795 bits per heavy atom. The van der Waals surface area contributed by atoms with Gasteiger partial charge in [-0.15, -0.1) is 0 Å². The predicted molar refractivity (Wildman–Crippen MR) is 339 cm³/mol. The molecule has 78 heavy (non-hydrogen) atoms. The summed E-state index contributed by atoms with van der Waals surface area (Å²) >= 11 is 0. The molecule has 0 saturated heterocycles. The second kappa shape index (κ2) is 65.6. The first kappa shape index (κ1) is 74.1. The summed E-state index contributed by atoms with van der Waals surface area (Å²) in [5.41, 5.74) is 0. The molecule has 1 atom stereocenters. The Balaban J connectivity index is 4.35. The lowest BCUT2D eigenvalue weighted by Crippen LogP contribution is -2.30. The van der Waals surface area contributed by atoms with Crippen LogP contribution >= 0.6 is 0 Å². The zero-order valence-electron chi connectivity index (χ0n) is 51.2. The smallest absolute Gasteiger partial charge is 0.306 e. The summed E-state index contributed by atoms with van der Waals surface area (Å²) in [7, 11) is 0. The number of unbranched alkanes of at least 4 members (excludes halogenated alkanes) is 30. The molecule has 6 nitrogen and oxygen atoms in total. The topological polar surface area (TPSA) is 78.9 Å². The first-order chi connectivity index (χ1) is 38.5. The Kier molecular flexibility index (Phi) is 62.3. The van der Waals surface area contributed by atoms with Gasteiger partial charge in [0.05, 0.1) is 0 Å². The Bertz CT molecular complexity index is 1570. The van der Waals surface area contributed by atoms with Gasteiger partial charge in [-0.1, -0.05) is 271 Å². The molecule has 0 aromatic carbocycles. The molecule has 0 spiro atoms. The molecule has 0 aliphatic carbocycles. The van der Waals surface area contributed by atoms with Gasteiger partial charge >= 0.3 is 17.9 Å². The number of hydrogen-bond acceptors (Lipinski definition) is 6. The minimum atomic E-state index is -0.793. The first-order valence-electron chi connectivity index (χ1n) is 32.9. The van der Waals surface area contributed by atoms with Gasteiger partial charge in [-0.2, -0.15) is 0 Å². The van der Waals surface area contributed by atoms with Gasteiger partial charge in [-0.3, -0.25) is 14.4 Å². The Hall–Kier alpha value is -3.93. The van der Waals surface area contributed by atoms with Crippen molar-refractivity contribution in [1.82, 2.24) is 0 Å². The molecular weight excluding hydrogens is 961 g/mol. The van der Waals surface area contributed by atoms with Crippen molar-refractivity contribution in [3.8, 4) is 0 Å². The summed E-state index contributed by atoms with van der Waals surface area (Å²) in [4.78, 5) is 38.3. The Labute approximate surface area is 482 Å². The molecule has 0 fully saturated rings. The van der Waals surface area contributed by atoms with Gasteiger partial charge in [0, 0.05) is 19.3 Å². The molecule has 0 radical (unpaired) electrons. The summed E-state index contributed by atoms with van der Waals surface area (Å²) in [5.74, 6) is -0.908. The summed E-state index contributed by atoms with van der Waals surface area (Å²) in [6.07, 6.45) is 89.5. The minimum Gasteiger partial charge on any atom is -0.462 e. The summed E-state index contributed by atoms with van der Waals surface area (Å²) in [6.45, 7) is 6.52. The van der Waals surface area contributed by atoms with Crippen LogP contribution in [0.2, 0.25) is 0 Å². The van der Waals surface area contributed by atoms with Crippen LogP contribution in [0.1, 0.15) is 310 Å². The monoisotopic (exact) mass is 1080 g/mol. The maximum atomic E-state index is 12.9. The number of carbonyl (C=O) groups is 3. The summed E-state index contributed by atoms with van der Waals surface area (Å²) in [6, 6.07) is 0. The highest BCUT2D eigenvalue weighted by molar-refractivity contribution is 5.71. The van der Waals surface area contributed by atoms with Crippen LogP contribution in [-0.2, 0) is 28.6 Å². The second-order valence-electron chi connectivity index (χ2n) is 21.6. The number of rotatable bonds is 59. The van der Waals surface area contributed by atoms with Gasteiger partial charge in [-0.25, -0.2) is 0 Å². The lowest BCUT2D eigenvalue weighted by Gasteiger charge is -2.18. The van der Waals surface area contributed by atoms with E-state index in [1.165, 1.54) is 141 Å². The zero-order valence-corrected chi connectivity index (χ0v) is 51.2. The van der Waals surface area contributed by atoms with Gasteiger partial charge in [0.15, 0.2) is 6.10 Å². The normalized spacial score (nSPS) is 12.8. The standard InChI is InChI=1S/C72H122O6/c1-4-7-10-13-16-19-22-25-28-30-31-32-33-34-35-36-37-38-39-40-41-42-45-47-50-53-56-59-62-65-71(74)77-68-69(67-76-70(73)64-61-58-55-52-49-46-43-27-24-21-18-15-12-9-6-3)78-72(75)66-63-60-57-54-51-48-44-29-26-23-20-17-14-11-8-5-2/h7,10,16,19,25,27-29,31-32,34-35,37-38,40-41,43-44,69H,4-6,8-9,11-15,17-18,20-24,26,30,33,36,39,42,45-68H2,1-3H3/b10-7-,19-16-,28-25-,32-31-,35-34-,38-37-,41-40-,43-27-,44-29-. The van der Waals surface area contributed by atoms with E-state index in [1.807, 2.05) is 0 Å². The van der Waals surface area contributed by atoms with E-state index in [0.717, 1.165) is 128 Å². The third-order valence-electron chi connectivity index (χ3n) is 14.0. The lowest BCUT2D eigenvalue weighted by molar-refractivity contribution is -0.167. The molecule has 0 rings (SSSR count). The molecule has 446 valence electrons. The average molecular weight is 1080 g/mol. The Morgan fingerprint density at radius 2 is 0.500 bits per heavy atom. The number of carbonyl (C=O) groups excluding carboxylic acids is 3. The highest BCUT2D eigenvalue weighted by Crippen LogP contribution is 2.15. The molecule has 0 aliphatic heterocycles. The van der Waals surface area contributed by atoms with E-state index in [4.69, 9.17) is 14.2 Å². The highest BCUT2D eigenvalue weighted by atomic mass is 16.6. The van der Waals surface area contributed by atoms with Crippen molar-refractivity contribution >= 4 is 17.9 Å². The maximum Gasteiger partial charge on any atom is 0.306 e.